The van der Waals surface area contributed by atoms with Gasteiger partial charge >= 0.3 is 57.4 Å². The van der Waals surface area contributed by atoms with Crippen molar-refractivity contribution in [2.45, 2.75) is 20.3 Å². The first-order valence-electron chi connectivity index (χ1n) is 3.76. The molecule has 0 aromatic heterocycles. The largest absolute Gasteiger partial charge is 1.00 e. The molecule has 0 saturated carbocycles. The Bertz CT molecular complexity index is 209. The minimum atomic E-state index is -1.16. The Hall–Kier alpha value is 0.0564. The van der Waals surface area contributed by atoms with Gasteiger partial charge in [-0.05, 0) is 13.0 Å². The number of hydrogen-bond acceptors (Lipinski definition) is 3. The first kappa shape index (κ1) is 19.6. The molecule has 0 saturated heterocycles. The van der Waals surface area contributed by atoms with Gasteiger partial charge < -0.3 is 15.0 Å². The number of carbonyl (C=O) groups excluding carboxylic acids is 1. The second-order valence-corrected chi connectivity index (χ2v) is 1.95. The first-order valence-corrected chi connectivity index (χ1v) is 3.76. The van der Waals surface area contributed by atoms with E-state index in [1.165, 1.54) is 6.08 Å². The minimum absolute atomic E-state index is 0. The van der Waals surface area contributed by atoms with Gasteiger partial charge in [0.05, 0.1) is 5.97 Å². The SMILES string of the molecule is CC=CC=CC(=O)[O-].CCC(=O)O.[K+]. The maximum atomic E-state index is 9.64. The van der Waals surface area contributed by atoms with Crippen molar-refractivity contribution < 1.29 is 71.2 Å². The first-order chi connectivity index (χ1) is 6.04. The third-order valence-electron chi connectivity index (χ3n) is 0.838. The molecule has 0 spiro atoms. The summed E-state index contributed by atoms with van der Waals surface area (Å²) in [6.45, 7) is 3.40. The van der Waals surface area contributed by atoms with Gasteiger partial charge in [-0.1, -0.05) is 25.2 Å². The van der Waals surface area contributed by atoms with E-state index in [-0.39, 0.29) is 57.8 Å². The van der Waals surface area contributed by atoms with E-state index in [0.29, 0.717) is 0 Å². The number of allylic oxidation sites excluding steroid dienone is 3. The summed E-state index contributed by atoms with van der Waals surface area (Å²) in [6.07, 6.45) is 5.96. The van der Waals surface area contributed by atoms with Crippen molar-refractivity contribution in [3.63, 3.8) is 0 Å². The van der Waals surface area contributed by atoms with Gasteiger partial charge in [-0.2, -0.15) is 0 Å². The molecular weight excluding hydrogens is 211 g/mol. The van der Waals surface area contributed by atoms with Crippen molar-refractivity contribution in [2.75, 3.05) is 0 Å². The van der Waals surface area contributed by atoms with Crippen LogP contribution >= 0.6 is 0 Å². The number of carbonyl (C=O) groups is 2. The molecule has 0 heterocycles. The Morgan fingerprint density at radius 1 is 1.36 bits per heavy atom. The molecule has 5 heteroatoms. The summed E-state index contributed by atoms with van der Waals surface area (Å²) in [7, 11) is 0. The number of carboxylic acids is 2. The minimum Gasteiger partial charge on any atom is -0.545 e. The summed E-state index contributed by atoms with van der Waals surface area (Å²) in [5.41, 5.74) is 0. The van der Waals surface area contributed by atoms with Crippen molar-refractivity contribution >= 4 is 11.9 Å². The van der Waals surface area contributed by atoms with E-state index in [2.05, 4.69) is 0 Å². The fourth-order valence-corrected chi connectivity index (χ4v) is 0.245. The zero-order valence-electron chi connectivity index (χ0n) is 8.69. The molecule has 0 fully saturated rings. The molecule has 0 rings (SSSR count). The van der Waals surface area contributed by atoms with Crippen LogP contribution in [0.15, 0.2) is 24.3 Å². The molecule has 0 aliphatic rings. The monoisotopic (exact) mass is 224 g/mol. The van der Waals surface area contributed by atoms with Crippen LogP contribution in [0.4, 0.5) is 0 Å². The average Bonchev–Trinajstić information content (AvgIpc) is 2.05. The number of rotatable bonds is 3. The fourth-order valence-electron chi connectivity index (χ4n) is 0.245. The van der Waals surface area contributed by atoms with Gasteiger partial charge in [-0.25, -0.2) is 0 Å². The van der Waals surface area contributed by atoms with E-state index in [0.717, 1.165) is 6.08 Å². The summed E-state index contributed by atoms with van der Waals surface area (Å²) in [5, 5.41) is 17.4. The molecule has 0 unspecified atom stereocenters. The van der Waals surface area contributed by atoms with Crippen LogP contribution in [0.5, 0.6) is 0 Å². The Morgan fingerprint density at radius 2 is 1.79 bits per heavy atom. The van der Waals surface area contributed by atoms with Crippen LogP contribution in [-0.4, -0.2) is 17.0 Å². The topological polar surface area (TPSA) is 77.4 Å². The Balaban J connectivity index is -0.000000177. The number of carboxylic acid groups (broad SMARTS) is 2. The molecule has 0 radical (unpaired) electrons. The van der Waals surface area contributed by atoms with E-state index >= 15 is 0 Å². The predicted molar refractivity (Wildman–Crippen MR) is 46.9 cm³/mol. The molecule has 4 nitrogen and oxygen atoms in total. The van der Waals surface area contributed by atoms with Crippen LogP contribution in [0, 0.1) is 0 Å². The average molecular weight is 224 g/mol. The second kappa shape index (κ2) is 15.5. The molecule has 0 aliphatic carbocycles. The summed E-state index contributed by atoms with van der Waals surface area (Å²) < 4.78 is 0. The molecule has 0 aliphatic heterocycles. The summed E-state index contributed by atoms with van der Waals surface area (Å²) in [6, 6.07) is 0. The zero-order valence-corrected chi connectivity index (χ0v) is 11.8. The maximum absolute atomic E-state index is 9.64. The maximum Gasteiger partial charge on any atom is 1.00 e. The molecule has 0 bridgehead atoms. The second-order valence-electron chi connectivity index (χ2n) is 1.95. The third-order valence-corrected chi connectivity index (χ3v) is 0.838. The van der Waals surface area contributed by atoms with Gasteiger partial charge in [0.1, 0.15) is 0 Å². The van der Waals surface area contributed by atoms with Crippen LogP contribution in [-0.2, 0) is 9.59 Å². The predicted octanol–water partition coefficient (Wildman–Crippen LogP) is -2.65. The van der Waals surface area contributed by atoms with Crippen LogP contribution in [0.1, 0.15) is 20.3 Å². The molecule has 0 atom stereocenters. The van der Waals surface area contributed by atoms with Gasteiger partial charge in [0.2, 0.25) is 0 Å². The van der Waals surface area contributed by atoms with E-state index in [1.54, 1.807) is 26.0 Å². The van der Waals surface area contributed by atoms with E-state index in [4.69, 9.17) is 5.11 Å². The molecular formula is C9H13KO4. The summed E-state index contributed by atoms with van der Waals surface area (Å²) in [4.78, 5) is 19.0. The number of aliphatic carboxylic acids is 2. The Labute approximate surface area is 126 Å². The smallest absolute Gasteiger partial charge is 0.545 e. The van der Waals surface area contributed by atoms with Crippen LogP contribution < -0.4 is 56.5 Å². The van der Waals surface area contributed by atoms with Crippen molar-refractivity contribution in [3.8, 4) is 0 Å². The third kappa shape index (κ3) is 29.6. The van der Waals surface area contributed by atoms with Crippen molar-refractivity contribution in [2.24, 2.45) is 0 Å². The summed E-state index contributed by atoms with van der Waals surface area (Å²) >= 11 is 0. The normalized spacial score (nSPS) is 9.00. The quantitative estimate of drug-likeness (QED) is 0.323. The molecule has 0 aromatic rings. The van der Waals surface area contributed by atoms with E-state index in [1.807, 2.05) is 0 Å². The van der Waals surface area contributed by atoms with Crippen LogP contribution in [0.25, 0.3) is 0 Å². The molecule has 0 aromatic carbocycles. The summed E-state index contributed by atoms with van der Waals surface area (Å²) in [5.74, 6) is -1.91. The zero-order chi connectivity index (χ0) is 10.7. The Kier molecular flexibility index (Phi) is 21.7. The molecule has 14 heavy (non-hydrogen) atoms. The van der Waals surface area contributed by atoms with Crippen molar-refractivity contribution in [1.29, 1.82) is 0 Å². The molecule has 1 N–H and O–H groups in total. The van der Waals surface area contributed by atoms with E-state index in [9.17, 15) is 14.7 Å². The van der Waals surface area contributed by atoms with Crippen LogP contribution in [0.3, 0.4) is 0 Å². The standard InChI is InChI=1S/C6H8O2.C3H6O2.K/c1-2-3-4-5-6(7)8;1-2-3(4)5;/h2-5H,1H3,(H,7,8);2H2,1H3,(H,4,5);/q;;+1/p-1. The molecule has 74 valence electrons. The van der Waals surface area contributed by atoms with Gasteiger partial charge in [0.15, 0.2) is 0 Å². The van der Waals surface area contributed by atoms with Gasteiger partial charge in [-0.3, -0.25) is 4.79 Å². The van der Waals surface area contributed by atoms with Gasteiger partial charge in [0.25, 0.3) is 0 Å². The number of hydrogen-bond donors (Lipinski definition) is 1. The van der Waals surface area contributed by atoms with Crippen molar-refractivity contribution in [1.82, 2.24) is 0 Å². The van der Waals surface area contributed by atoms with Gasteiger partial charge in [0, 0.05) is 6.42 Å². The van der Waals surface area contributed by atoms with E-state index < -0.39 is 11.9 Å². The molecule has 0 amide bonds. The Morgan fingerprint density at radius 3 is 2.00 bits per heavy atom. The van der Waals surface area contributed by atoms with Gasteiger partial charge in [-0.15, -0.1) is 0 Å². The van der Waals surface area contributed by atoms with Crippen LogP contribution in [0.2, 0.25) is 0 Å². The fraction of sp³-hybridized carbons (Fsp3) is 0.333. The van der Waals surface area contributed by atoms with Crippen molar-refractivity contribution in [3.05, 3.63) is 24.3 Å².